The highest BCUT2D eigenvalue weighted by molar-refractivity contribution is 8.00. The Morgan fingerprint density at radius 1 is 1.67 bits per heavy atom. The summed E-state index contributed by atoms with van der Waals surface area (Å²) in [6, 6.07) is 1.79. The molecule has 2 N–H and O–H groups in total. The normalized spacial score (nSPS) is 23.4. The Morgan fingerprint density at radius 3 is 3.00 bits per heavy atom. The van der Waals surface area contributed by atoms with Gasteiger partial charge in [-0.05, 0) is 38.5 Å². The number of aromatic carboxylic acids is 1. The van der Waals surface area contributed by atoms with Crippen LogP contribution in [0.3, 0.4) is 0 Å². The molecule has 1 aromatic rings. The number of furan rings is 1. The second kappa shape index (κ2) is 5.36. The van der Waals surface area contributed by atoms with Crippen LogP contribution in [0.2, 0.25) is 0 Å². The highest BCUT2D eigenvalue weighted by Crippen LogP contribution is 2.37. The average molecular weight is 269 g/mol. The molecule has 0 amide bonds. The molecular formula is C13H19NO3S. The Labute approximate surface area is 111 Å². The van der Waals surface area contributed by atoms with Crippen molar-refractivity contribution in [2.24, 2.45) is 0 Å². The van der Waals surface area contributed by atoms with Gasteiger partial charge in [0, 0.05) is 16.9 Å². The molecule has 0 aliphatic carbocycles. The van der Waals surface area contributed by atoms with Crippen molar-refractivity contribution >= 4 is 17.7 Å². The molecule has 1 aromatic heterocycles. The van der Waals surface area contributed by atoms with Gasteiger partial charge in [-0.1, -0.05) is 0 Å². The lowest BCUT2D eigenvalue weighted by Crippen LogP contribution is -2.32. The zero-order chi connectivity index (χ0) is 13.2. The predicted molar refractivity (Wildman–Crippen MR) is 72.2 cm³/mol. The Hall–Kier alpha value is -0.940. The van der Waals surface area contributed by atoms with Gasteiger partial charge in [0.05, 0.1) is 6.54 Å². The minimum absolute atomic E-state index is 0.0493. The molecule has 100 valence electrons. The number of aryl methyl sites for hydroxylation is 1. The van der Waals surface area contributed by atoms with Crippen molar-refractivity contribution in [3.05, 3.63) is 23.2 Å². The zero-order valence-electron chi connectivity index (χ0n) is 10.8. The molecule has 1 saturated heterocycles. The number of hydrogen-bond acceptors (Lipinski definition) is 4. The van der Waals surface area contributed by atoms with Crippen LogP contribution in [0.1, 0.15) is 41.6 Å². The maximum atomic E-state index is 10.9. The van der Waals surface area contributed by atoms with Crippen LogP contribution in [-0.4, -0.2) is 28.1 Å². The van der Waals surface area contributed by atoms with E-state index in [4.69, 9.17) is 9.52 Å². The maximum absolute atomic E-state index is 10.9. The first-order valence-corrected chi connectivity index (χ1v) is 7.16. The number of nitrogens with one attached hydrogen (secondary N) is 1. The van der Waals surface area contributed by atoms with E-state index < -0.39 is 5.97 Å². The maximum Gasteiger partial charge on any atom is 0.372 e. The van der Waals surface area contributed by atoms with Crippen molar-refractivity contribution in [2.45, 2.75) is 38.0 Å². The molecule has 0 saturated carbocycles. The van der Waals surface area contributed by atoms with Crippen LogP contribution in [0, 0.1) is 6.92 Å². The second-order valence-electron chi connectivity index (χ2n) is 5.04. The molecule has 1 fully saturated rings. The van der Waals surface area contributed by atoms with Crippen LogP contribution >= 0.6 is 11.8 Å². The van der Waals surface area contributed by atoms with E-state index in [2.05, 4.69) is 12.2 Å². The van der Waals surface area contributed by atoms with Crippen molar-refractivity contribution in [3.8, 4) is 0 Å². The number of carbonyl (C=O) groups is 1. The van der Waals surface area contributed by atoms with Gasteiger partial charge in [0.15, 0.2) is 0 Å². The van der Waals surface area contributed by atoms with Crippen LogP contribution in [0.25, 0.3) is 0 Å². The van der Waals surface area contributed by atoms with E-state index in [1.54, 1.807) is 13.0 Å². The molecule has 2 rings (SSSR count). The lowest BCUT2D eigenvalue weighted by atomic mass is 10.1. The topological polar surface area (TPSA) is 62.5 Å². The summed E-state index contributed by atoms with van der Waals surface area (Å²) in [5.74, 6) is 0.975. The van der Waals surface area contributed by atoms with Crippen molar-refractivity contribution in [3.63, 3.8) is 0 Å². The first-order chi connectivity index (χ1) is 8.50. The summed E-state index contributed by atoms with van der Waals surface area (Å²) in [4.78, 5) is 10.9. The van der Waals surface area contributed by atoms with E-state index in [1.807, 2.05) is 11.8 Å². The van der Waals surface area contributed by atoms with Gasteiger partial charge in [-0.3, -0.25) is 0 Å². The third-order valence-corrected chi connectivity index (χ3v) is 4.80. The quantitative estimate of drug-likeness (QED) is 0.860. The Morgan fingerprint density at radius 2 is 2.44 bits per heavy atom. The molecule has 5 heteroatoms. The van der Waals surface area contributed by atoms with E-state index in [1.165, 1.54) is 18.6 Å². The smallest absolute Gasteiger partial charge is 0.372 e. The fourth-order valence-corrected chi connectivity index (χ4v) is 3.55. The average Bonchev–Trinajstić information content (AvgIpc) is 2.86. The van der Waals surface area contributed by atoms with Crippen LogP contribution < -0.4 is 5.32 Å². The summed E-state index contributed by atoms with van der Waals surface area (Å²) < 4.78 is 5.62. The van der Waals surface area contributed by atoms with E-state index >= 15 is 0 Å². The number of carboxylic acid groups (broad SMARTS) is 1. The molecule has 0 aromatic carbocycles. The van der Waals surface area contributed by atoms with E-state index in [0.29, 0.717) is 22.6 Å². The van der Waals surface area contributed by atoms with Crippen molar-refractivity contribution in [2.75, 3.05) is 12.3 Å². The fourth-order valence-electron chi connectivity index (χ4n) is 2.27. The second-order valence-corrected chi connectivity index (χ2v) is 6.72. The Balaban J connectivity index is 1.87. The van der Waals surface area contributed by atoms with Gasteiger partial charge in [0.2, 0.25) is 5.76 Å². The van der Waals surface area contributed by atoms with Gasteiger partial charge in [-0.2, -0.15) is 11.8 Å². The lowest BCUT2D eigenvalue weighted by Gasteiger charge is -2.22. The fraction of sp³-hybridized carbons (Fsp3) is 0.615. The number of rotatable bonds is 5. The summed E-state index contributed by atoms with van der Waals surface area (Å²) in [5.41, 5.74) is 0.681. The van der Waals surface area contributed by atoms with Gasteiger partial charge in [-0.15, -0.1) is 0 Å². The monoisotopic (exact) mass is 269 g/mol. The summed E-state index contributed by atoms with van der Waals surface area (Å²) in [7, 11) is 0. The molecule has 4 nitrogen and oxygen atoms in total. The van der Waals surface area contributed by atoms with Crippen LogP contribution in [-0.2, 0) is 6.54 Å². The largest absolute Gasteiger partial charge is 0.475 e. The molecule has 2 heterocycles. The standard InChI is InChI=1S/C13H19NO3S/c1-9-6-10(17-11(9)12(15)16)7-14-8-13(2)4-3-5-18-13/h6,14H,3-5,7-8H2,1-2H3,(H,15,16). The lowest BCUT2D eigenvalue weighted by molar-refractivity contribution is 0.0659. The van der Waals surface area contributed by atoms with Gasteiger partial charge in [0.25, 0.3) is 0 Å². The van der Waals surface area contributed by atoms with Gasteiger partial charge < -0.3 is 14.8 Å². The highest BCUT2D eigenvalue weighted by Gasteiger charge is 2.28. The van der Waals surface area contributed by atoms with Gasteiger partial charge in [0.1, 0.15) is 5.76 Å². The van der Waals surface area contributed by atoms with Crippen molar-refractivity contribution in [1.82, 2.24) is 5.32 Å². The molecule has 18 heavy (non-hydrogen) atoms. The van der Waals surface area contributed by atoms with Gasteiger partial charge in [-0.25, -0.2) is 4.79 Å². The Bertz CT molecular complexity index is 435. The van der Waals surface area contributed by atoms with Crippen molar-refractivity contribution < 1.29 is 14.3 Å². The summed E-state index contributed by atoms with van der Waals surface area (Å²) in [6.07, 6.45) is 2.52. The summed E-state index contributed by atoms with van der Waals surface area (Å²) >= 11 is 2.01. The van der Waals surface area contributed by atoms with Gasteiger partial charge >= 0.3 is 5.97 Å². The summed E-state index contributed by atoms with van der Waals surface area (Å²) in [6.45, 7) is 5.54. The highest BCUT2D eigenvalue weighted by atomic mass is 32.2. The Kier molecular flexibility index (Phi) is 4.02. The van der Waals surface area contributed by atoms with Crippen LogP contribution in [0.4, 0.5) is 0 Å². The van der Waals surface area contributed by atoms with Crippen molar-refractivity contribution in [1.29, 1.82) is 0 Å². The predicted octanol–water partition coefficient (Wildman–Crippen LogP) is 2.66. The number of thioether (sulfide) groups is 1. The third kappa shape index (κ3) is 3.09. The molecule has 0 spiro atoms. The number of hydrogen-bond donors (Lipinski definition) is 2. The van der Waals surface area contributed by atoms with Crippen LogP contribution in [0.5, 0.6) is 0 Å². The molecule has 1 unspecified atom stereocenters. The number of carboxylic acids is 1. The molecule has 0 radical (unpaired) electrons. The zero-order valence-corrected chi connectivity index (χ0v) is 11.6. The van der Waals surface area contributed by atoms with E-state index in [0.717, 1.165) is 6.54 Å². The molecule has 0 bridgehead atoms. The molecule has 1 atom stereocenters. The third-order valence-electron chi connectivity index (χ3n) is 3.26. The minimum Gasteiger partial charge on any atom is -0.475 e. The molecule has 1 aliphatic heterocycles. The minimum atomic E-state index is -1.00. The SMILES string of the molecule is Cc1cc(CNCC2(C)CCCS2)oc1C(=O)O. The molecule has 1 aliphatic rings. The summed E-state index contributed by atoms with van der Waals surface area (Å²) in [5, 5.41) is 12.3. The van der Waals surface area contributed by atoms with E-state index in [-0.39, 0.29) is 5.76 Å². The molecular weight excluding hydrogens is 250 g/mol. The first kappa shape index (κ1) is 13.5. The van der Waals surface area contributed by atoms with Crippen LogP contribution in [0.15, 0.2) is 10.5 Å². The first-order valence-electron chi connectivity index (χ1n) is 6.17. The van der Waals surface area contributed by atoms with E-state index in [9.17, 15) is 4.79 Å².